The van der Waals surface area contributed by atoms with Gasteiger partial charge in [-0.3, -0.25) is 4.98 Å². The molecule has 0 aliphatic carbocycles. The van der Waals surface area contributed by atoms with Crippen molar-refractivity contribution in [3.63, 3.8) is 0 Å². The van der Waals surface area contributed by atoms with Gasteiger partial charge in [0.05, 0.1) is 18.3 Å². The van der Waals surface area contributed by atoms with Crippen molar-refractivity contribution < 1.29 is 0 Å². The summed E-state index contributed by atoms with van der Waals surface area (Å²) < 4.78 is 4.28. The molecule has 0 radical (unpaired) electrons. The number of fused-ring (bicyclic) bond motifs is 1. The highest BCUT2D eigenvalue weighted by Gasteiger charge is 2.14. The van der Waals surface area contributed by atoms with Crippen LogP contribution in [0.1, 0.15) is 19.2 Å². The first-order chi connectivity index (χ1) is 12.3. The summed E-state index contributed by atoms with van der Waals surface area (Å²) in [6, 6.07) is 7.55. The maximum absolute atomic E-state index is 6.02. The normalized spacial score (nSPS) is 10.4. The molecule has 4 rings (SSSR count). The molecule has 0 aromatic carbocycles. The third-order valence-corrected chi connectivity index (χ3v) is 4.26. The zero-order chi connectivity index (χ0) is 17.2. The van der Waals surface area contributed by atoms with E-state index in [2.05, 4.69) is 26.4 Å². The van der Waals surface area contributed by atoms with Crippen molar-refractivity contribution in [2.24, 2.45) is 0 Å². The van der Waals surface area contributed by atoms with E-state index in [0.29, 0.717) is 11.7 Å². The number of pyridine rings is 2. The van der Waals surface area contributed by atoms with Crippen LogP contribution in [0, 0.1) is 0 Å². The van der Waals surface area contributed by atoms with Crippen molar-refractivity contribution in [1.29, 1.82) is 0 Å². The van der Waals surface area contributed by atoms with E-state index in [4.69, 9.17) is 16.6 Å². The molecule has 0 saturated heterocycles. The molecule has 0 bridgehead atoms. The lowest BCUT2D eigenvalue weighted by Gasteiger charge is -2.10. The third-order valence-electron chi connectivity index (χ3n) is 4.05. The fraction of sp³-hybridized carbons (Fsp3) is 0.222. The van der Waals surface area contributed by atoms with Gasteiger partial charge in [-0.05, 0) is 24.6 Å². The Hall–Kier alpha value is -2.15. The van der Waals surface area contributed by atoms with Crippen molar-refractivity contribution in [2.75, 3.05) is 0 Å². The Morgan fingerprint density at radius 1 is 1.07 bits per heavy atom. The summed E-state index contributed by atoms with van der Waals surface area (Å²) in [7, 11) is 0. The molecule has 9 heteroatoms. The highest BCUT2D eigenvalue weighted by Crippen LogP contribution is 2.21. The summed E-state index contributed by atoms with van der Waals surface area (Å²) in [4.78, 5) is 17.8. The van der Waals surface area contributed by atoms with E-state index >= 15 is 0 Å². The van der Waals surface area contributed by atoms with Crippen molar-refractivity contribution in [3.05, 3.63) is 60.0 Å². The average Bonchev–Trinajstić information content (AvgIpc) is 3.21. The van der Waals surface area contributed by atoms with Gasteiger partial charge >= 0.3 is 0 Å². The molecular formula is C18H19Cl3N6. The van der Waals surface area contributed by atoms with Crippen LogP contribution in [0.5, 0.6) is 0 Å². The summed E-state index contributed by atoms with van der Waals surface area (Å²) >= 11 is 6.02. The summed E-state index contributed by atoms with van der Waals surface area (Å²) in [5.41, 5.74) is 2.76. The van der Waals surface area contributed by atoms with Crippen LogP contribution in [0.4, 0.5) is 0 Å². The Balaban J connectivity index is 0.00000131. The molecule has 4 aromatic rings. The van der Waals surface area contributed by atoms with E-state index in [-0.39, 0.29) is 24.8 Å². The van der Waals surface area contributed by atoms with Crippen LogP contribution < -0.4 is 0 Å². The van der Waals surface area contributed by atoms with Crippen LogP contribution >= 0.6 is 36.4 Å². The number of aryl methyl sites for hydroxylation is 1. The van der Waals surface area contributed by atoms with Crippen LogP contribution in [0.25, 0.3) is 22.6 Å². The van der Waals surface area contributed by atoms with Crippen LogP contribution in [-0.4, -0.2) is 29.1 Å². The smallest absolute Gasteiger partial charge is 0.159 e. The summed E-state index contributed by atoms with van der Waals surface area (Å²) in [6.45, 7) is 3.68. The monoisotopic (exact) mass is 424 g/mol. The Kier molecular flexibility index (Phi) is 7.18. The first-order valence-electron chi connectivity index (χ1n) is 8.19. The van der Waals surface area contributed by atoms with Crippen LogP contribution in [0.2, 0.25) is 5.15 Å². The molecule has 0 atom stereocenters. The molecule has 4 heterocycles. The molecule has 142 valence electrons. The topological polar surface area (TPSA) is 61.4 Å². The molecule has 0 N–H and O–H groups in total. The summed E-state index contributed by atoms with van der Waals surface area (Å²) in [6.07, 6.45) is 8.35. The van der Waals surface area contributed by atoms with Gasteiger partial charge in [0.25, 0.3) is 0 Å². The minimum absolute atomic E-state index is 0. The summed E-state index contributed by atoms with van der Waals surface area (Å²) in [5, 5.41) is 0.455. The molecule has 0 saturated carbocycles. The van der Waals surface area contributed by atoms with Gasteiger partial charge in [-0.25, -0.2) is 15.0 Å². The van der Waals surface area contributed by atoms with Crippen LogP contribution in [0.3, 0.4) is 0 Å². The lowest BCUT2D eigenvalue weighted by atomic mass is 10.3. The Morgan fingerprint density at radius 2 is 1.93 bits per heavy atom. The standard InChI is InChI=1S/C18H17ClN6.2ClH/c1-2-9-25-15-6-7-20-11-14(15)23-17(25)12-24-10-8-21-18(24)13-4-3-5-16(19)22-13;;/h3-8,10-11H,2,9,12H2,1H3;2*1H. The van der Waals surface area contributed by atoms with Gasteiger partial charge in [-0.1, -0.05) is 24.6 Å². The quantitative estimate of drug-likeness (QED) is 0.437. The third kappa shape index (κ3) is 4.24. The number of halogens is 3. The summed E-state index contributed by atoms with van der Waals surface area (Å²) in [5.74, 6) is 1.75. The molecule has 0 fully saturated rings. The van der Waals surface area contributed by atoms with Gasteiger partial charge in [-0.15, -0.1) is 24.8 Å². The van der Waals surface area contributed by atoms with Gasteiger partial charge in [0.2, 0.25) is 0 Å². The Labute approximate surface area is 174 Å². The van der Waals surface area contributed by atoms with Gasteiger partial charge in [0, 0.05) is 25.1 Å². The molecule has 4 aromatic heterocycles. The second-order valence-corrected chi connectivity index (χ2v) is 6.16. The Morgan fingerprint density at radius 3 is 2.70 bits per heavy atom. The van der Waals surface area contributed by atoms with E-state index in [1.165, 1.54) is 0 Å². The molecule has 0 unspecified atom stereocenters. The molecule has 0 amide bonds. The minimum Gasteiger partial charge on any atom is -0.326 e. The molecular weight excluding hydrogens is 407 g/mol. The van der Waals surface area contributed by atoms with Crippen molar-refractivity contribution in [2.45, 2.75) is 26.4 Å². The number of aromatic nitrogens is 6. The molecule has 0 aliphatic rings. The molecule has 0 aliphatic heterocycles. The first-order valence-corrected chi connectivity index (χ1v) is 8.57. The minimum atomic E-state index is 0. The number of imidazole rings is 2. The first kappa shape index (κ1) is 21.2. The van der Waals surface area contributed by atoms with Crippen molar-refractivity contribution >= 4 is 47.4 Å². The van der Waals surface area contributed by atoms with Gasteiger partial charge < -0.3 is 9.13 Å². The lowest BCUT2D eigenvalue weighted by Crippen LogP contribution is -2.09. The SMILES string of the molecule is CCCn1c(Cn2ccnc2-c2cccc(Cl)n2)nc2cnccc21.Cl.Cl. The zero-order valence-corrected chi connectivity index (χ0v) is 17.0. The molecule has 6 nitrogen and oxygen atoms in total. The predicted molar refractivity (Wildman–Crippen MR) is 112 cm³/mol. The fourth-order valence-corrected chi connectivity index (χ4v) is 3.14. The maximum atomic E-state index is 6.02. The van der Waals surface area contributed by atoms with E-state index < -0.39 is 0 Å². The van der Waals surface area contributed by atoms with Crippen LogP contribution in [0.15, 0.2) is 49.1 Å². The largest absolute Gasteiger partial charge is 0.326 e. The Bertz CT molecular complexity index is 1030. The predicted octanol–water partition coefficient (Wildman–Crippen LogP) is 4.65. The molecule has 27 heavy (non-hydrogen) atoms. The number of hydrogen-bond donors (Lipinski definition) is 0. The van der Waals surface area contributed by atoms with Gasteiger partial charge in [0.1, 0.15) is 22.2 Å². The maximum Gasteiger partial charge on any atom is 0.159 e. The van der Waals surface area contributed by atoms with E-state index in [9.17, 15) is 0 Å². The van der Waals surface area contributed by atoms with E-state index in [0.717, 1.165) is 41.3 Å². The van der Waals surface area contributed by atoms with E-state index in [1.807, 2.05) is 29.0 Å². The molecule has 0 spiro atoms. The average molecular weight is 426 g/mol. The number of rotatable bonds is 5. The van der Waals surface area contributed by atoms with Crippen LogP contribution in [-0.2, 0) is 13.1 Å². The van der Waals surface area contributed by atoms with Crippen molar-refractivity contribution in [1.82, 2.24) is 29.1 Å². The lowest BCUT2D eigenvalue weighted by molar-refractivity contribution is 0.627. The highest BCUT2D eigenvalue weighted by molar-refractivity contribution is 6.29. The van der Waals surface area contributed by atoms with Gasteiger partial charge in [0.15, 0.2) is 5.82 Å². The van der Waals surface area contributed by atoms with Crippen molar-refractivity contribution in [3.8, 4) is 11.5 Å². The number of nitrogens with zero attached hydrogens (tertiary/aromatic N) is 6. The fourth-order valence-electron chi connectivity index (χ4n) is 2.98. The second kappa shape index (κ2) is 9.17. The highest BCUT2D eigenvalue weighted by atomic mass is 35.5. The number of hydrogen-bond acceptors (Lipinski definition) is 4. The zero-order valence-electron chi connectivity index (χ0n) is 14.6. The van der Waals surface area contributed by atoms with Gasteiger partial charge in [-0.2, -0.15) is 0 Å². The second-order valence-electron chi connectivity index (χ2n) is 5.77. The van der Waals surface area contributed by atoms with E-state index in [1.54, 1.807) is 24.7 Å².